The molecular weight excluding hydrogens is 342 g/mol. The summed E-state index contributed by atoms with van der Waals surface area (Å²) in [6.45, 7) is 3.25. The van der Waals surface area contributed by atoms with Gasteiger partial charge in [-0.2, -0.15) is 8.42 Å². The van der Waals surface area contributed by atoms with Crippen LogP contribution in [0.25, 0.3) is 0 Å². The second-order valence-electron chi connectivity index (χ2n) is 4.84. The van der Waals surface area contributed by atoms with Gasteiger partial charge in [0.05, 0.1) is 11.4 Å². The van der Waals surface area contributed by atoms with E-state index in [-0.39, 0.29) is 30.6 Å². The van der Waals surface area contributed by atoms with Gasteiger partial charge < -0.3 is 11.1 Å². The van der Waals surface area contributed by atoms with Crippen LogP contribution in [-0.4, -0.2) is 25.0 Å². The second kappa shape index (κ2) is 7.42. The molecule has 0 radical (unpaired) electrons. The van der Waals surface area contributed by atoms with Crippen LogP contribution >= 0.6 is 12.4 Å². The summed E-state index contributed by atoms with van der Waals surface area (Å²) in [6.07, 6.45) is 2.08. The van der Waals surface area contributed by atoms with Crippen LogP contribution in [0.15, 0.2) is 34.0 Å². The summed E-state index contributed by atoms with van der Waals surface area (Å²) in [6, 6.07) is 3.33. The van der Waals surface area contributed by atoms with Gasteiger partial charge in [0.2, 0.25) is 5.91 Å². The van der Waals surface area contributed by atoms with Gasteiger partial charge >= 0.3 is 10.2 Å². The van der Waals surface area contributed by atoms with Gasteiger partial charge in [0.25, 0.3) is 0 Å². The fourth-order valence-corrected chi connectivity index (χ4v) is 3.15. The topological polar surface area (TPSA) is 127 Å². The third-order valence-electron chi connectivity index (χ3n) is 3.14. The molecule has 1 aliphatic heterocycles. The lowest BCUT2D eigenvalue weighted by Crippen LogP contribution is -2.28. The lowest BCUT2D eigenvalue weighted by molar-refractivity contribution is -0.116. The maximum absolute atomic E-state index is 12.0. The van der Waals surface area contributed by atoms with Crippen molar-refractivity contribution in [3.8, 4) is 0 Å². The molecule has 10 heteroatoms. The largest absolute Gasteiger partial charge is 0.382 e. The normalized spacial score (nSPS) is 16.0. The molecule has 1 aromatic rings. The number of halogens is 1. The van der Waals surface area contributed by atoms with E-state index in [9.17, 15) is 13.2 Å². The predicted molar refractivity (Wildman–Crippen MR) is 91.6 cm³/mol. The molecule has 2 heterocycles. The molecule has 0 aliphatic carbocycles. The SMILES string of the molecule is CC1=NS(=O)(=O)NC(C)=C1CCC(=O)Nc1cccnc1N.Cl. The van der Waals surface area contributed by atoms with E-state index < -0.39 is 10.2 Å². The van der Waals surface area contributed by atoms with E-state index in [0.717, 1.165) is 0 Å². The first-order valence-electron chi connectivity index (χ1n) is 6.58. The van der Waals surface area contributed by atoms with Crippen molar-refractivity contribution in [2.75, 3.05) is 11.1 Å². The summed E-state index contributed by atoms with van der Waals surface area (Å²) in [5, 5.41) is 2.67. The Bertz CT molecular complexity index is 774. The number of pyridine rings is 1. The van der Waals surface area contributed by atoms with Gasteiger partial charge in [-0.15, -0.1) is 16.8 Å². The smallest absolute Gasteiger partial charge is 0.342 e. The van der Waals surface area contributed by atoms with Crippen molar-refractivity contribution in [2.45, 2.75) is 26.7 Å². The number of aromatic nitrogens is 1. The van der Waals surface area contributed by atoms with Gasteiger partial charge in [-0.3, -0.25) is 9.52 Å². The summed E-state index contributed by atoms with van der Waals surface area (Å²) in [7, 11) is -3.65. The van der Waals surface area contributed by atoms with E-state index in [0.29, 0.717) is 29.1 Å². The molecule has 23 heavy (non-hydrogen) atoms. The Labute approximate surface area is 140 Å². The monoisotopic (exact) mass is 359 g/mol. The fourth-order valence-electron chi connectivity index (χ4n) is 2.13. The van der Waals surface area contributed by atoms with Crippen molar-refractivity contribution in [3.63, 3.8) is 0 Å². The molecular formula is C13H18ClN5O3S. The van der Waals surface area contributed by atoms with Gasteiger partial charge in [0, 0.05) is 18.3 Å². The number of allylic oxidation sites excluding steroid dienone is 2. The van der Waals surface area contributed by atoms with E-state index in [1.54, 1.807) is 26.0 Å². The molecule has 4 N–H and O–H groups in total. The first kappa shape index (κ1) is 18.9. The van der Waals surface area contributed by atoms with Gasteiger partial charge in [0.15, 0.2) is 0 Å². The number of nitrogens with two attached hydrogens (primary N) is 1. The van der Waals surface area contributed by atoms with E-state index >= 15 is 0 Å². The Morgan fingerprint density at radius 3 is 2.70 bits per heavy atom. The molecule has 8 nitrogen and oxygen atoms in total. The van der Waals surface area contributed by atoms with E-state index in [1.807, 2.05) is 0 Å². The highest BCUT2D eigenvalue weighted by Gasteiger charge is 2.20. The van der Waals surface area contributed by atoms with Crippen molar-refractivity contribution in [2.24, 2.45) is 4.40 Å². The maximum atomic E-state index is 12.0. The number of anilines is 2. The summed E-state index contributed by atoms with van der Waals surface area (Å²) in [4.78, 5) is 15.8. The van der Waals surface area contributed by atoms with Crippen molar-refractivity contribution < 1.29 is 13.2 Å². The van der Waals surface area contributed by atoms with Gasteiger partial charge in [-0.25, -0.2) is 4.98 Å². The van der Waals surface area contributed by atoms with Gasteiger partial charge in [-0.1, -0.05) is 0 Å². The Hall–Kier alpha value is -2.13. The van der Waals surface area contributed by atoms with E-state index in [4.69, 9.17) is 5.73 Å². The average molecular weight is 360 g/mol. The maximum Gasteiger partial charge on any atom is 0.342 e. The summed E-state index contributed by atoms with van der Waals surface area (Å²) in [5.74, 6) is 0.00986. The average Bonchev–Trinajstić information content (AvgIpc) is 2.39. The molecule has 0 saturated heterocycles. The molecule has 0 bridgehead atoms. The first-order chi connectivity index (χ1) is 10.3. The molecule has 0 unspecified atom stereocenters. The summed E-state index contributed by atoms with van der Waals surface area (Å²) in [5.41, 5.74) is 7.70. The Kier molecular flexibility index (Phi) is 6.11. The lowest BCUT2D eigenvalue weighted by atomic mass is 10.0. The highest BCUT2D eigenvalue weighted by atomic mass is 35.5. The van der Waals surface area contributed by atoms with Crippen LogP contribution in [0.5, 0.6) is 0 Å². The number of rotatable bonds is 4. The van der Waals surface area contributed by atoms with Crippen LogP contribution in [0, 0.1) is 0 Å². The number of carbonyl (C=O) groups excluding carboxylic acids is 1. The number of nitrogen functional groups attached to an aromatic ring is 1. The Morgan fingerprint density at radius 1 is 1.39 bits per heavy atom. The molecule has 0 spiro atoms. The van der Waals surface area contributed by atoms with Gasteiger partial charge in [0.1, 0.15) is 5.82 Å². The molecule has 0 atom stereocenters. The molecule has 1 aliphatic rings. The lowest BCUT2D eigenvalue weighted by Gasteiger charge is -2.17. The van der Waals surface area contributed by atoms with Crippen LogP contribution in [-0.2, 0) is 15.0 Å². The number of nitrogens with zero attached hydrogens (tertiary/aromatic N) is 2. The molecule has 0 fully saturated rings. The van der Waals surface area contributed by atoms with Crippen LogP contribution < -0.4 is 15.8 Å². The number of hydrogen-bond acceptors (Lipinski definition) is 5. The minimum absolute atomic E-state index is 0. The van der Waals surface area contributed by atoms with Crippen LogP contribution in [0.2, 0.25) is 0 Å². The van der Waals surface area contributed by atoms with Crippen LogP contribution in [0.1, 0.15) is 26.7 Å². The van der Waals surface area contributed by atoms with E-state index in [1.165, 1.54) is 6.20 Å². The Morgan fingerprint density at radius 2 is 2.09 bits per heavy atom. The molecule has 1 aromatic heterocycles. The minimum atomic E-state index is -3.65. The molecule has 0 aromatic carbocycles. The van der Waals surface area contributed by atoms with Gasteiger partial charge in [-0.05, 0) is 38.0 Å². The van der Waals surface area contributed by atoms with Crippen molar-refractivity contribution in [1.29, 1.82) is 0 Å². The van der Waals surface area contributed by atoms with Crippen molar-refractivity contribution >= 4 is 45.7 Å². The Balaban J connectivity index is 0.00000264. The third-order valence-corrected chi connectivity index (χ3v) is 4.22. The zero-order valence-corrected chi connectivity index (χ0v) is 14.3. The minimum Gasteiger partial charge on any atom is -0.382 e. The fraction of sp³-hybridized carbons (Fsp3) is 0.308. The van der Waals surface area contributed by atoms with Crippen LogP contribution in [0.3, 0.4) is 0 Å². The van der Waals surface area contributed by atoms with Crippen molar-refractivity contribution in [1.82, 2.24) is 9.71 Å². The number of nitrogens with one attached hydrogen (secondary N) is 2. The molecule has 1 amide bonds. The number of amides is 1. The second-order valence-corrected chi connectivity index (χ2v) is 6.18. The zero-order valence-electron chi connectivity index (χ0n) is 12.7. The van der Waals surface area contributed by atoms with Crippen LogP contribution in [0.4, 0.5) is 11.5 Å². The first-order valence-corrected chi connectivity index (χ1v) is 8.02. The van der Waals surface area contributed by atoms with E-state index in [2.05, 4.69) is 19.4 Å². The summed E-state index contributed by atoms with van der Waals surface area (Å²) < 4.78 is 28.7. The molecule has 2 rings (SSSR count). The molecule has 0 saturated carbocycles. The highest BCUT2D eigenvalue weighted by molar-refractivity contribution is 7.88. The quantitative estimate of drug-likeness (QED) is 0.748. The zero-order chi connectivity index (χ0) is 16.3. The summed E-state index contributed by atoms with van der Waals surface area (Å²) >= 11 is 0. The number of hydrogen-bond donors (Lipinski definition) is 3. The predicted octanol–water partition coefficient (Wildman–Crippen LogP) is 1.39. The van der Waals surface area contributed by atoms with Crippen molar-refractivity contribution in [3.05, 3.63) is 29.6 Å². The molecule has 126 valence electrons. The third kappa shape index (κ3) is 4.93. The number of carbonyl (C=O) groups is 1. The standard InChI is InChI=1S/C13H17N5O3S.ClH/c1-8-10(9(2)18-22(20,21)17-8)5-6-12(19)16-11-4-3-7-15-13(11)14;/h3-4,7,17H,5-6H2,1-2H3,(H2,14,15)(H,16,19);1H. The highest BCUT2D eigenvalue weighted by Crippen LogP contribution is 2.19.